The summed E-state index contributed by atoms with van der Waals surface area (Å²) in [7, 11) is 0. The van der Waals surface area contributed by atoms with Gasteiger partial charge in [0.15, 0.2) is 0 Å². The number of aromatic nitrogens is 1. The molecule has 1 fully saturated rings. The van der Waals surface area contributed by atoms with Gasteiger partial charge in [-0.3, -0.25) is 4.79 Å². The van der Waals surface area contributed by atoms with Crippen molar-refractivity contribution >= 4 is 27.5 Å². The molecule has 0 saturated carbocycles. The number of carbonyl (C=O) groups is 1. The van der Waals surface area contributed by atoms with E-state index in [4.69, 9.17) is 4.74 Å². The molecule has 1 aromatic carbocycles. The molecule has 5 nitrogen and oxygen atoms in total. The monoisotopic (exact) mass is 305 g/mol. The number of thiazole rings is 1. The van der Waals surface area contributed by atoms with E-state index in [0.717, 1.165) is 30.0 Å². The molecule has 1 aliphatic heterocycles. The molecule has 2 N–H and O–H groups in total. The number of nitrogens with zero attached hydrogens (tertiary/aromatic N) is 1. The smallest absolute Gasteiger partial charge is 0.222 e. The quantitative estimate of drug-likeness (QED) is 0.875. The molecule has 2 heterocycles. The Morgan fingerprint density at radius 3 is 3.19 bits per heavy atom. The molecule has 1 atom stereocenters. The molecule has 21 heavy (non-hydrogen) atoms. The Hall–Kier alpha value is -1.50. The number of para-hydroxylation sites is 1. The lowest BCUT2D eigenvalue weighted by Crippen LogP contribution is -2.41. The van der Waals surface area contributed by atoms with E-state index < -0.39 is 0 Å². The molecule has 2 aromatic rings. The third-order valence-electron chi connectivity index (χ3n) is 3.42. The predicted octanol–water partition coefficient (Wildman–Crippen LogP) is 1.33. The van der Waals surface area contributed by atoms with E-state index in [-0.39, 0.29) is 12.0 Å². The van der Waals surface area contributed by atoms with Crippen molar-refractivity contribution in [3.05, 3.63) is 29.3 Å². The van der Waals surface area contributed by atoms with E-state index in [1.54, 1.807) is 11.3 Å². The standard InChI is InChI=1S/C15H19N3O2S/c19-14(9-11-10-16-7-8-20-11)17-6-5-15-18-12-3-1-2-4-13(12)21-15/h1-4,11,16H,5-10H2,(H,17,19). The van der Waals surface area contributed by atoms with Gasteiger partial charge >= 0.3 is 0 Å². The first kappa shape index (κ1) is 14.4. The third kappa shape index (κ3) is 4.00. The molecule has 1 unspecified atom stereocenters. The molecule has 1 saturated heterocycles. The minimum absolute atomic E-state index is 0.00111. The molecule has 1 amide bonds. The average molecular weight is 305 g/mol. The highest BCUT2D eigenvalue weighted by molar-refractivity contribution is 7.18. The van der Waals surface area contributed by atoms with Gasteiger partial charge in [0, 0.05) is 26.1 Å². The summed E-state index contributed by atoms with van der Waals surface area (Å²) in [5, 5.41) is 7.23. The number of hydrogen-bond donors (Lipinski definition) is 2. The molecular weight excluding hydrogens is 286 g/mol. The Balaban J connectivity index is 1.43. The fourth-order valence-corrected chi connectivity index (χ4v) is 3.33. The summed E-state index contributed by atoms with van der Waals surface area (Å²) >= 11 is 1.69. The van der Waals surface area contributed by atoms with Crippen LogP contribution in [0, 0.1) is 0 Å². The van der Waals surface area contributed by atoms with Crippen LogP contribution in [-0.2, 0) is 16.0 Å². The number of amides is 1. The molecule has 0 aliphatic carbocycles. The molecule has 0 spiro atoms. The first-order chi connectivity index (χ1) is 10.3. The van der Waals surface area contributed by atoms with Crippen LogP contribution in [0.5, 0.6) is 0 Å². The molecule has 3 rings (SSSR count). The summed E-state index contributed by atoms with van der Waals surface area (Å²) in [4.78, 5) is 16.4. The highest BCUT2D eigenvalue weighted by Crippen LogP contribution is 2.21. The van der Waals surface area contributed by atoms with Crippen molar-refractivity contribution in [2.75, 3.05) is 26.2 Å². The van der Waals surface area contributed by atoms with Crippen molar-refractivity contribution in [3.8, 4) is 0 Å². The zero-order valence-corrected chi connectivity index (χ0v) is 12.6. The summed E-state index contributed by atoms with van der Waals surface area (Å²) in [6.07, 6.45) is 1.20. The number of nitrogens with one attached hydrogen (secondary N) is 2. The van der Waals surface area contributed by atoms with E-state index in [9.17, 15) is 4.79 Å². The summed E-state index contributed by atoms with van der Waals surface area (Å²) in [5.74, 6) is 0.0461. The first-order valence-electron chi connectivity index (χ1n) is 7.25. The lowest BCUT2D eigenvalue weighted by molar-refractivity contribution is -0.124. The Morgan fingerprint density at radius 2 is 2.38 bits per heavy atom. The van der Waals surface area contributed by atoms with E-state index in [1.165, 1.54) is 4.70 Å². The lowest BCUT2D eigenvalue weighted by atomic mass is 10.2. The maximum Gasteiger partial charge on any atom is 0.222 e. The third-order valence-corrected chi connectivity index (χ3v) is 4.51. The largest absolute Gasteiger partial charge is 0.375 e. The van der Waals surface area contributed by atoms with Gasteiger partial charge in [-0.05, 0) is 12.1 Å². The molecule has 0 radical (unpaired) electrons. The molecule has 1 aromatic heterocycles. The number of carbonyl (C=O) groups excluding carboxylic acids is 1. The maximum absolute atomic E-state index is 11.8. The van der Waals surface area contributed by atoms with Crippen LogP contribution in [0.1, 0.15) is 11.4 Å². The molecule has 112 valence electrons. The second-order valence-electron chi connectivity index (χ2n) is 5.08. The van der Waals surface area contributed by atoms with Crippen molar-refractivity contribution in [1.29, 1.82) is 0 Å². The molecule has 6 heteroatoms. The second kappa shape index (κ2) is 6.98. The summed E-state index contributed by atoms with van der Waals surface area (Å²) in [5.41, 5.74) is 1.03. The van der Waals surface area contributed by atoms with Crippen LogP contribution in [0.4, 0.5) is 0 Å². The van der Waals surface area contributed by atoms with Gasteiger partial charge < -0.3 is 15.4 Å². The summed E-state index contributed by atoms with van der Waals surface area (Å²) in [6, 6.07) is 8.10. The van der Waals surface area contributed by atoms with Crippen LogP contribution < -0.4 is 10.6 Å². The predicted molar refractivity (Wildman–Crippen MR) is 83.6 cm³/mol. The van der Waals surface area contributed by atoms with Gasteiger partial charge in [-0.25, -0.2) is 4.98 Å². The normalized spacial score (nSPS) is 18.8. The van der Waals surface area contributed by atoms with Gasteiger partial charge in [0.1, 0.15) is 0 Å². The highest BCUT2D eigenvalue weighted by atomic mass is 32.1. The Kier molecular flexibility index (Phi) is 4.80. The number of ether oxygens (including phenoxy) is 1. The Labute approximate surface area is 127 Å². The van der Waals surface area contributed by atoms with Crippen LogP contribution in [0.2, 0.25) is 0 Å². The van der Waals surface area contributed by atoms with E-state index in [1.807, 2.05) is 18.2 Å². The van der Waals surface area contributed by atoms with E-state index in [2.05, 4.69) is 21.7 Å². The number of hydrogen-bond acceptors (Lipinski definition) is 5. The molecular formula is C15H19N3O2S. The van der Waals surface area contributed by atoms with Gasteiger partial charge in [0.2, 0.25) is 5.91 Å². The fraction of sp³-hybridized carbons (Fsp3) is 0.467. The van der Waals surface area contributed by atoms with Gasteiger partial charge in [0.05, 0.1) is 34.4 Å². The zero-order chi connectivity index (χ0) is 14.5. The van der Waals surface area contributed by atoms with Crippen LogP contribution in [-0.4, -0.2) is 43.2 Å². The minimum Gasteiger partial charge on any atom is -0.375 e. The average Bonchev–Trinajstić information content (AvgIpc) is 2.91. The summed E-state index contributed by atoms with van der Waals surface area (Å²) < 4.78 is 6.71. The van der Waals surface area contributed by atoms with Crippen molar-refractivity contribution in [1.82, 2.24) is 15.6 Å². The zero-order valence-electron chi connectivity index (χ0n) is 11.8. The van der Waals surface area contributed by atoms with Crippen molar-refractivity contribution in [3.63, 3.8) is 0 Å². The number of morpholine rings is 1. The SMILES string of the molecule is O=C(CC1CNCCO1)NCCc1nc2ccccc2s1. The number of rotatable bonds is 5. The van der Waals surface area contributed by atoms with Gasteiger partial charge in [0.25, 0.3) is 0 Å². The first-order valence-corrected chi connectivity index (χ1v) is 8.06. The highest BCUT2D eigenvalue weighted by Gasteiger charge is 2.16. The number of benzene rings is 1. The van der Waals surface area contributed by atoms with Crippen LogP contribution in [0.15, 0.2) is 24.3 Å². The van der Waals surface area contributed by atoms with Crippen molar-refractivity contribution in [2.24, 2.45) is 0 Å². The summed E-state index contributed by atoms with van der Waals surface area (Å²) in [6.45, 7) is 2.93. The minimum atomic E-state index is 0.00111. The topological polar surface area (TPSA) is 63.2 Å². The Morgan fingerprint density at radius 1 is 1.48 bits per heavy atom. The van der Waals surface area contributed by atoms with Crippen LogP contribution in [0.3, 0.4) is 0 Å². The van der Waals surface area contributed by atoms with Crippen molar-refractivity contribution in [2.45, 2.75) is 18.9 Å². The van der Waals surface area contributed by atoms with Gasteiger partial charge in [-0.2, -0.15) is 0 Å². The van der Waals surface area contributed by atoms with Gasteiger partial charge in [-0.15, -0.1) is 11.3 Å². The van der Waals surface area contributed by atoms with Crippen molar-refractivity contribution < 1.29 is 9.53 Å². The van der Waals surface area contributed by atoms with Crippen LogP contribution in [0.25, 0.3) is 10.2 Å². The lowest BCUT2D eigenvalue weighted by Gasteiger charge is -2.22. The fourth-order valence-electron chi connectivity index (χ4n) is 2.37. The van der Waals surface area contributed by atoms with E-state index >= 15 is 0 Å². The second-order valence-corrected chi connectivity index (χ2v) is 6.19. The molecule has 1 aliphatic rings. The van der Waals surface area contributed by atoms with Crippen LogP contribution >= 0.6 is 11.3 Å². The molecule has 0 bridgehead atoms. The van der Waals surface area contributed by atoms with Gasteiger partial charge in [-0.1, -0.05) is 12.1 Å². The Bertz CT molecular complexity index is 575. The van der Waals surface area contributed by atoms with E-state index in [0.29, 0.717) is 19.6 Å². The number of fused-ring (bicyclic) bond motifs is 1. The maximum atomic E-state index is 11.8.